The zero-order valence-electron chi connectivity index (χ0n) is 7.92. The Kier molecular flexibility index (Phi) is 2.66. The van der Waals surface area contributed by atoms with Crippen molar-refractivity contribution in [2.45, 2.75) is 25.4 Å². The van der Waals surface area contributed by atoms with Gasteiger partial charge in [-0.15, -0.1) is 0 Å². The Bertz CT molecular complexity index is 239. The molecule has 2 rings (SSSR count). The Morgan fingerprint density at radius 1 is 1.69 bits per heavy atom. The summed E-state index contributed by atoms with van der Waals surface area (Å²) in [5, 5.41) is 6.85. The van der Waals surface area contributed by atoms with Gasteiger partial charge >= 0.3 is 0 Å². The monoisotopic (exact) mass is 180 g/mol. The third-order valence-corrected chi connectivity index (χ3v) is 2.52. The fraction of sp³-hybridized carbons (Fsp3) is 0.600. The summed E-state index contributed by atoms with van der Waals surface area (Å²) >= 11 is 0. The van der Waals surface area contributed by atoms with Crippen molar-refractivity contribution in [3.8, 4) is 0 Å². The van der Waals surface area contributed by atoms with Gasteiger partial charge in [0, 0.05) is 12.6 Å². The first-order chi connectivity index (χ1) is 6.36. The second-order valence-electron chi connectivity index (χ2n) is 3.59. The van der Waals surface area contributed by atoms with Crippen LogP contribution in [0.1, 0.15) is 25.1 Å². The molecule has 1 aromatic heterocycles. The maximum absolute atomic E-state index is 5.32. The topological polar surface area (TPSA) is 37.2 Å². The Labute approximate surface area is 78.5 Å². The quantitative estimate of drug-likeness (QED) is 0.736. The van der Waals surface area contributed by atoms with Crippen molar-refractivity contribution < 1.29 is 4.42 Å². The van der Waals surface area contributed by atoms with Crippen molar-refractivity contribution in [2.24, 2.45) is 0 Å². The lowest BCUT2D eigenvalue weighted by molar-refractivity contribution is 0.397. The Balaban J connectivity index is 1.87. The van der Waals surface area contributed by atoms with Gasteiger partial charge in [0.15, 0.2) is 0 Å². The van der Waals surface area contributed by atoms with Gasteiger partial charge in [-0.3, -0.25) is 0 Å². The van der Waals surface area contributed by atoms with Crippen molar-refractivity contribution in [3.63, 3.8) is 0 Å². The van der Waals surface area contributed by atoms with Gasteiger partial charge in [0.25, 0.3) is 0 Å². The first kappa shape index (κ1) is 8.78. The molecule has 13 heavy (non-hydrogen) atoms. The summed E-state index contributed by atoms with van der Waals surface area (Å²) in [6.07, 6.45) is 2.94. The number of rotatable bonds is 3. The minimum atomic E-state index is 0.319. The molecule has 72 valence electrons. The molecule has 2 N–H and O–H groups in total. The van der Waals surface area contributed by atoms with Gasteiger partial charge in [-0.05, 0) is 32.0 Å². The summed E-state index contributed by atoms with van der Waals surface area (Å²) in [6, 6.07) is 4.86. The van der Waals surface area contributed by atoms with Crippen LogP contribution in [-0.4, -0.2) is 19.1 Å². The van der Waals surface area contributed by atoms with Gasteiger partial charge in [0.2, 0.25) is 0 Å². The van der Waals surface area contributed by atoms with Crippen molar-refractivity contribution in [1.82, 2.24) is 10.6 Å². The van der Waals surface area contributed by atoms with Crippen LogP contribution in [0, 0.1) is 0 Å². The standard InChI is InChI=1S/C10H16N2O/c1-8(10-3-2-6-13-10)12-9-4-5-11-7-9/h2-3,6,8-9,11-12H,4-5,7H2,1H3/t8?,9-/m1/s1. The van der Waals surface area contributed by atoms with E-state index in [0.29, 0.717) is 12.1 Å². The van der Waals surface area contributed by atoms with Crippen LogP contribution in [0.15, 0.2) is 22.8 Å². The minimum absolute atomic E-state index is 0.319. The minimum Gasteiger partial charge on any atom is -0.468 e. The van der Waals surface area contributed by atoms with Crippen LogP contribution >= 0.6 is 0 Å². The van der Waals surface area contributed by atoms with Crippen LogP contribution in [0.2, 0.25) is 0 Å². The predicted molar refractivity (Wildman–Crippen MR) is 51.5 cm³/mol. The van der Waals surface area contributed by atoms with Gasteiger partial charge in [-0.1, -0.05) is 0 Å². The van der Waals surface area contributed by atoms with Crippen molar-refractivity contribution in [2.75, 3.05) is 13.1 Å². The van der Waals surface area contributed by atoms with E-state index in [2.05, 4.69) is 17.6 Å². The molecule has 3 nitrogen and oxygen atoms in total. The molecule has 1 aromatic rings. The maximum atomic E-state index is 5.32. The smallest absolute Gasteiger partial charge is 0.120 e. The second-order valence-corrected chi connectivity index (χ2v) is 3.59. The lowest BCUT2D eigenvalue weighted by Gasteiger charge is -2.16. The molecule has 2 heterocycles. The van der Waals surface area contributed by atoms with Gasteiger partial charge in [0.05, 0.1) is 12.3 Å². The molecule has 0 amide bonds. The summed E-state index contributed by atoms with van der Waals surface area (Å²) in [7, 11) is 0. The third-order valence-electron chi connectivity index (χ3n) is 2.52. The van der Waals surface area contributed by atoms with E-state index in [1.807, 2.05) is 12.1 Å². The van der Waals surface area contributed by atoms with Gasteiger partial charge in [-0.2, -0.15) is 0 Å². The van der Waals surface area contributed by atoms with Gasteiger partial charge in [-0.25, -0.2) is 0 Å². The Hall–Kier alpha value is -0.800. The zero-order valence-corrected chi connectivity index (χ0v) is 7.92. The summed E-state index contributed by atoms with van der Waals surface area (Å²) in [6.45, 7) is 4.34. The Morgan fingerprint density at radius 3 is 3.23 bits per heavy atom. The lowest BCUT2D eigenvalue weighted by atomic mass is 10.2. The molecule has 0 saturated carbocycles. The maximum Gasteiger partial charge on any atom is 0.120 e. The first-order valence-electron chi connectivity index (χ1n) is 4.86. The zero-order chi connectivity index (χ0) is 9.10. The van der Waals surface area contributed by atoms with E-state index in [1.54, 1.807) is 6.26 Å². The van der Waals surface area contributed by atoms with E-state index in [1.165, 1.54) is 6.42 Å². The highest BCUT2D eigenvalue weighted by atomic mass is 16.3. The van der Waals surface area contributed by atoms with E-state index < -0.39 is 0 Å². The lowest BCUT2D eigenvalue weighted by Crippen LogP contribution is -2.32. The van der Waals surface area contributed by atoms with Crippen LogP contribution in [-0.2, 0) is 0 Å². The van der Waals surface area contributed by atoms with Crippen LogP contribution in [0.3, 0.4) is 0 Å². The first-order valence-corrected chi connectivity index (χ1v) is 4.86. The Morgan fingerprint density at radius 2 is 2.62 bits per heavy atom. The molecule has 1 unspecified atom stereocenters. The van der Waals surface area contributed by atoms with E-state index >= 15 is 0 Å². The van der Waals surface area contributed by atoms with Crippen LogP contribution < -0.4 is 10.6 Å². The molecule has 0 aliphatic carbocycles. The van der Waals surface area contributed by atoms with E-state index in [-0.39, 0.29) is 0 Å². The van der Waals surface area contributed by atoms with Crippen LogP contribution in [0.5, 0.6) is 0 Å². The molecule has 3 heteroatoms. The molecule has 1 aliphatic rings. The SMILES string of the molecule is CC(N[C@@H]1CCNC1)c1ccco1. The largest absolute Gasteiger partial charge is 0.468 e. The normalized spacial score (nSPS) is 24.8. The molecule has 1 saturated heterocycles. The van der Waals surface area contributed by atoms with E-state index in [0.717, 1.165) is 18.8 Å². The fourth-order valence-electron chi connectivity index (χ4n) is 1.77. The highest BCUT2D eigenvalue weighted by Crippen LogP contribution is 2.14. The summed E-state index contributed by atoms with van der Waals surface area (Å²) < 4.78 is 5.32. The number of furan rings is 1. The average Bonchev–Trinajstić information content (AvgIpc) is 2.74. The number of nitrogens with one attached hydrogen (secondary N) is 2. The van der Waals surface area contributed by atoms with Crippen molar-refractivity contribution in [3.05, 3.63) is 24.2 Å². The molecular weight excluding hydrogens is 164 g/mol. The average molecular weight is 180 g/mol. The molecule has 2 atom stereocenters. The van der Waals surface area contributed by atoms with Crippen LogP contribution in [0.4, 0.5) is 0 Å². The van der Waals surface area contributed by atoms with Crippen molar-refractivity contribution >= 4 is 0 Å². The molecule has 0 spiro atoms. The molecule has 0 radical (unpaired) electrons. The summed E-state index contributed by atoms with van der Waals surface area (Å²) in [5.74, 6) is 1.02. The molecule has 1 fully saturated rings. The molecule has 0 aromatic carbocycles. The number of hydrogen-bond acceptors (Lipinski definition) is 3. The summed E-state index contributed by atoms with van der Waals surface area (Å²) in [4.78, 5) is 0. The van der Waals surface area contributed by atoms with Crippen LogP contribution in [0.25, 0.3) is 0 Å². The van der Waals surface area contributed by atoms with E-state index in [9.17, 15) is 0 Å². The molecule has 0 bridgehead atoms. The molecule has 1 aliphatic heterocycles. The number of hydrogen-bond donors (Lipinski definition) is 2. The second kappa shape index (κ2) is 3.94. The molecular formula is C10H16N2O. The predicted octanol–water partition coefficient (Wildman–Crippen LogP) is 1.29. The fourth-order valence-corrected chi connectivity index (χ4v) is 1.77. The summed E-state index contributed by atoms with van der Waals surface area (Å²) in [5.41, 5.74) is 0. The van der Waals surface area contributed by atoms with Gasteiger partial charge in [0.1, 0.15) is 5.76 Å². The third kappa shape index (κ3) is 2.11. The van der Waals surface area contributed by atoms with Gasteiger partial charge < -0.3 is 15.1 Å². The highest BCUT2D eigenvalue weighted by Gasteiger charge is 2.17. The van der Waals surface area contributed by atoms with E-state index in [4.69, 9.17) is 4.42 Å². The highest BCUT2D eigenvalue weighted by molar-refractivity contribution is 5.03. The van der Waals surface area contributed by atoms with Crippen molar-refractivity contribution in [1.29, 1.82) is 0 Å².